The number of rotatable bonds is 1. The van der Waals surface area contributed by atoms with Crippen molar-refractivity contribution in [3.8, 4) is 0 Å². The minimum Gasteiger partial charge on any atom is -0.481 e. The number of hydrogen-bond donors (Lipinski definition) is 3. The molecule has 7 nitrogen and oxygen atoms in total. The number of aliphatic carboxylic acids is 1. The first kappa shape index (κ1) is 14.3. The molecule has 1 amide bonds. The Morgan fingerprint density at radius 3 is 2.13 bits per heavy atom. The highest BCUT2D eigenvalue weighted by atomic mass is 32.3. The van der Waals surface area contributed by atoms with Crippen molar-refractivity contribution in [3.63, 3.8) is 0 Å². The Morgan fingerprint density at radius 1 is 1.60 bits per heavy atom. The van der Waals surface area contributed by atoms with Crippen LogP contribution in [-0.4, -0.2) is 38.9 Å². The second kappa shape index (κ2) is 5.39. The van der Waals surface area contributed by atoms with Gasteiger partial charge in [0, 0.05) is 6.92 Å². The van der Waals surface area contributed by atoms with E-state index < -0.39 is 26.6 Å². The second-order valence-electron chi connectivity index (χ2n) is 2.26. The van der Waals surface area contributed by atoms with Gasteiger partial charge in [0.1, 0.15) is 4.32 Å². The molecular formula is C5H7NO6S3. The molecule has 3 N–H and O–H groups in total. The quantitative estimate of drug-likeness (QED) is 0.429. The van der Waals surface area contributed by atoms with Crippen LogP contribution < -0.4 is 5.32 Å². The third kappa shape index (κ3) is 5.67. The van der Waals surface area contributed by atoms with E-state index in [4.69, 9.17) is 14.5 Å². The van der Waals surface area contributed by atoms with Gasteiger partial charge in [0.25, 0.3) is 22.0 Å². The third-order valence-corrected chi connectivity index (χ3v) is 3.83. The van der Waals surface area contributed by atoms with E-state index in [1.807, 2.05) is 0 Å². The van der Waals surface area contributed by atoms with Crippen molar-refractivity contribution in [1.29, 1.82) is 0 Å². The lowest BCUT2D eigenvalue weighted by Gasteiger charge is -1.97. The summed E-state index contributed by atoms with van der Waals surface area (Å²) >= 11 is 5.11. The van der Waals surface area contributed by atoms with Crippen LogP contribution in [0.5, 0.6) is 0 Å². The number of thiocarbonyl (C=S) groups is 1. The average Bonchev–Trinajstić information content (AvgIpc) is 2.26. The molecule has 0 saturated carbocycles. The van der Waals surface area contributed by atoms with Crippen LogP contribution >= 0.6 is 24.0 Å². The van der Waals surface area contributed by atoms with Crippen molar-refractivity contribution < 1.29 is 27.7 Å². The van der Waals surface area contributed by atoms with E-state index in [2.05, 4.69) is 17.5 Å². The topological polar surface area (TPSA) is 121 Å². The summed E-state index contributed by atoms with van der Waals surface area (Å²) in [5.74, 6) is -1.62. The van der Waals surface area contributed by atoms with Gasteiger partial charge in [-0.15, -0.1) is 0 Å². The van der Waals surface area contributed by atoms with E-state index in [-0.39, 0.29) is 4.32 Å². The molecule has 0 aliphatic carbocycles. The van der Waals surface area contributed by atoms with Crippen molar-refractivity contribution >= 4 is 50.3 Å². The van der Waals surface area contributed by atoms with Crippen LogP contribution in [0.3, 0.4) is 0 Å². The van der Waals surface area contributed by atoms with Crippen LogP contribution in [0.15, 0.2) is 0 Å². The highest BCUT2D eigenvalue weighted by Gasteiger charge is 2.38. The molecule has 1 unspecified atom stereocenters. The molecule has 1 aliphatic rings. The number of thioether (sulfide) groups is 1. The minimum absolute atomic E-state index is 0.0672. The Hall–Kier alpha value is -0.710. The molecule has 15 heavy (non-hydrogen) atoms. The summed E-state index contributed by atoms with van der Waals surface area (Å²) in [6, 6.07) is 0. The fourth-order valence-corrected chi connectivity index (χ4v) is 2.73. The second-order valence-corrected chi connectivity index (χ2v) is 5.84. The molecule has 0 aromatic carbocycles. The van der Waals surface area contributed by atoms with Gasteiger partial charge >= 0.3 is 0 Å². The molecule has 1 saturated heterocycles. The molecule has 0 spiro atoms. The van der Waals surface area contributed by atoms with Crippen LogP contribution in [0.4, 0.5) is 0 Å². The van der Waals surface area contributed by atoms with Gasteiger partial charge in [0.2, 0.25) is 4.58 Å². The predicted octanol–water partition coefficient (Wildman–Crippen LogP) is -0.561. The fraction of sp³-hybridized carbons (Fsp3) is 0.400. The first-order valence-corrected chi connectivity index (χ1v) is 6.11. The normalized spacial score (nSPS) is 20.3. The lowest BCUT2D eigenvalue weighted by atomic mass is 10.7. The zero-order valence-electron chi connectivity index (χ0n) is 7.33. The summed E-state index contributed by atoms with van der Waals surface area (Å²) in [6.45, 7) is 1.08. The Bertz CT molecular complexity index is 384. The van der Waals surface area contributed by atoms with E-state index >= 15 is 0 Å². The van der Waals surface area contributed by atoms with Gasteiger partial charge in [-0.1, -0.05) is 24.0 Å². The summed E-state index contributed by atoms with van der Waals surface area (Å²) < 4.78 is 27.8. The van der Waals surface area contributed by atoms with E-state index in [9.17, 15) is 13.2 Å². The molecule has 1 fully saturated rings. The maximum absolute atomic E-state index is 10.7. The Kier molecular flexibility index (Phi) is 5.14. The van der Waals surface area contributed by atoms with Crippen LogP contribution in [-0.2, 0) is 19.7 Å². The molecule has 86 valence electrons. The van der Waals surface area contributed by atoms with Gasteiger partial charge in [0.15, 0.2) is 0 Å². The standard InChI is InChI=1S/C3H3NO4S3.C2H4O2/c5-1-2(11(6,7)8)10-3(9)4-1;1-2(3)4/h2H,(H,4,5,9)(H,6,7,8);1H3,(H,3,4). The number of nitrogens with one attached hydrogen (secondary N) is 1. The number of carbonyl (C=O) groups is 2. The van der Waals surface area contributed by atoms with Crippen molar-refractivity contribution in [2.45, 2.75) is 11.5 Å². The molecule has 1 aliphatic heterocycles. The van der Waals surface area contributed by atoms with Crippen molar-refractivity contribution in [3.05, 3.63) is 0 Å². The van der Waals surface area contributed by atoms with Crippen molar-refractivity contribution in [2.24, 2.45) is 0 Å². The fourth-order valence-electron chi connectivity index (χ4n) is 0.536. The van der Waals surface area contributed by atoms with E-state index in [1.165, 1.54) is 0 Å². The SMILES string of the molecule is CC(=O)O.O=C1NC(=S)SC1S(=O)(=O)O. The molecule has 0 radical (unpaired) electrons. The van der Waals surface area contributed by atoms with Gasteiger partial charge in [-0.25, -0.2) is 0 Å². The smallest absolute Gasteiger partial charge is 0.300 e. The van der Waals surface area contributed by atoms with Gasteiger partial charge in [0.05, 0.1) is 0 Å². The third-order valence-electron chi connectivity index (χ3n) is 0.924. The number of carboxylic acids is 1. The number of amides is 1. The molecule has 0 bridgehead atoms. The van der Waals surface area contributed by atoms with Crippen LogP contribution in [0.25, 0.3) is 0 Å². The predicted molar refractivity (Wildman–Crippen MR) is 57.0 cm³/mol. The Labute approximate surface area is 95.0 Å². The average molecular weight is 273 g/mol. The summed E-state index contributed by atoms with van der Waals surface area (Å²) in [4.78, 5) is 19.7. The van der Waals surface area contributed by atoms with E-state index in [0.717, 1.165) is 6.92 Å². The highest BCUT2D eigenvalue weighted by Crippen LogP contribution is 2.22. The van der Waals surface area contributed by atoms with E-state index in [1.54, 1.807) is 0 Å². The van der Waals surface area contributed by atoms with Gasteiger partial charge in [-0.2, -0.15) is 8.42 Å². The molecule has 1 atom stereocenters. The Morgan fingerprint density at radius 2 is 2.00 bits per heavy atom. The molecule has 1 heterocycles. The highest BCUT2D eigenvalue weighted by molar-refractivity contribution is 8.29. The number of carbonyl (C=O) groups excluding carboxylic acids is 1. The molecule has 0 aromatic rings. The summed E-state index contributed by atoms with van der Waals surface area (Å²) in [5.41, 5.74) is 0. The largest absolute Gasteiger partial charge is 0.481 e. The zero-order valence-corrected chi connectivity index (χ0v) is 9.78. The van der Waals surface area contributed by atoms with Gasteiger partial charge in [-0.3, -0.25) is 14.1 Å². The monoisotopic (exact) mass is 273 g/mol. The zero-order chi connectivity index (χ0) is 12.2. The summed E-state index contributed by atoms with van der Waals surface area (Å²) in [7, 11) is -4.32. The lowest BCUT2D eigenvalue weighted by Crippen LogP contribution is -2.29. The van der Waals surface area contributed by atoms with Crippen LogP contribution in [0.1, 0.15) is 6.92 Å². The first-order chi connectivity index (χ1) is 6.64. The van der Waals surface area contributed by atoms with Crippen molar-refractivity contribution in [1.82, 2.24) is 5.32 Å². The Balaban J connectivity index is 0.000000423. The van der Waals surface area contributed by atoms with Crippen LogP contribution in [0, 0.1) is 0 Å². The first-order valence-electron chi connectivity index (χ1n) is 3.32. The number of hydrogen-bond acceptors (Lipinski definition) is 6. The number of carboxylic acid groups (broad SMARTS) is 1. The lowest BCUT2D eigenvalue weighted by molar-refractivity contribution is -0.134. The molecule has 10 heteroatoms. The van der Waals surface area contributed by atoms with Gasteiger partial charge in [-0.05, 0) is 0 Å². The maximum Gasteiger partial charge on any atom is 0.300 e. The maximum atomic E-state index is 10.7. The summed E-state index contributed by atoms with van der Waals surface area (Å²) in [6.07, 6.45) is 0. The molecule has 1 rings (SSSR count). The summed E-state index contributed by atoms with van der Waals surface area (Å²) in [5, 5.41) is 9.51. The van der Waals surface area contributed by atoms with Gasteiger partial charge < -0.3 is 10.4 Å². The molecular weight excluding hydrogens is 266 g/mol. The van der Waals surface area contributed by atoms with Crippen LogP contribution in [0.2, 0.25) is 0 Å². The minimum atomic E-state index is -4.32. The van der Waals surface area contributed by atoms with Crippen molar-refractivity contribution in [2.75, 3.05) is 0 Å². The van der Waals surface area contributed by atoms with E-state index in [0.29, 0.717) is 11.8 Å². The molecule has 0 aromatic heterocycles.